The van der Waals surface area contributed by atoms with E-state index >= 15 is 0 Å². The molecule has 4 aliphatic rings. The molecule has 0 heterocycles. The van der Waals surface area contributed by atoms with Crippen LogP contribution in [0, 0.1) is 46.2 Å². The van der Waals surface area contributed by atoms with E-state index < -0.39 is 5.60 Å². The van der Waals surface area contributed by atoms with Crippen molar-refractivity contribution in [3.05, 3.63) is 35.6 Å². The van der Waals surface area contributed by atoms with E-state index in [1.165, 1.54) is 25.3 Å². The van der Waals surface area contributed by atoms with E-state index in [2.05, 4.69) is 13.8 Å². The van der Waals surface area contributed by atoms with Crippen LogP contribution in [-0.2, 0) is 0 Å². The number of halogens is 1. The van der Waals surface area contributed by atoms with Gasteiger partial charge in [0.15, 0.2) is 5.78 Å². The molecule has 30 heavy (non-hydrogen) atoms. The van der Waals surface area contributed by atoms with Crippen molar-refractivity contribution in [3.8, 4) is 0 Å². The second kappa shape index (κ2) is 6.89. The number of benzene rings is 1. The zero-order chi connectivity index (χ0) is 21.3. The van der Waals surface area contributed by atoms with Gasteiger partial charge in [-0.25, -0.2) is 4.39 Å². The molecule has 4 fully saturated rings. The normalized spacial score (nSPS) is 47.8. The summed E-state index contributed by atoms with van der Waals surface area (Å²) in [6.45, 7) is 6.86. The molecule has 1 aromatic rings. The molecule has 8 atom stereocenters. The number of carbonyl (C=O) groups excluding carboxylic acids is 1. The van der Waals surface area contributed by atoms with Gasteiger partial charge < -0.3 is 5.11 Å². The van der Waals surface area contributed by atoms with E-state index in [9.17, 15) is 14.3 Å². The van der Waals surface area contributed by atoms with Gasteiger partial charge in [0.2, 0.25) is 0 Å². The van der Waals surface area contributed by atoms with Crippen LogP contribution in [0.2, 0.25) is 0 Å². The van der Waals surface area contributed by atoms with Crippen molar-refractivity contribution in [1.82, 2.24) is 0 Å². The number of ketones is 1. The van der Waals surface area contributed by atoms with E-state index in [0.29, 0.717) is 29.1 Å². The molecular weight excluding hydrogens is 375 g/mol. The molecule has 5 rings (SSSR count). The summed E-state index contributed by atoms with van der Waals surface area (Å²) >= 11 is 0. The minimum atomic E-state index is -0.495. The average molecular weight is 413 g/mol. The minimum absolute atomic E-state index is 0.00386. The Hall–Kier alpha value is -1.22. The third-order valence-electron chi connectivity index (χ3n) is 10.4. The van der Waals surface area contributed by atoms with Crippen molar-refractivity contribution in [2.45, 2.75) is 84.2 Å². The van der Waals surface area contributed by atoms with E-state index in [1.807, 2.05) is 6.92 Å². The van der Waals surface area contributed by atoms with Gasteiger partial charge >= 0.3 is 0 Å². The van der Waals surface area contributed by atoms with Crippen LogP contribution in [0.3, 0.4) is 0 Å². The van der Waals surface area contributed by atoms with Crippen LogP contribution in [0.5, 0.6) is 0 Å². The zero-order valence-electron chi connectivity index (χ0n) is 18.8. The van der Waals surface area contributed by atoms with Gasteiger partial charge in [0.05, 0.1) is 11.2 Å². The van der Waals surface area contributed by atoms with Crippen LogP contribution in [0.4, 0.5) is 4.39 Å². The quantitative estimate of drug-likeness (QED) is 0.569. The molecule has 1 aromatic carbocycles. The second-order valence-corrected chi connectivity index (χ2v) is 11.9. The Bertz CT molecular complexity index is 847. The number of Topliss-reactive ketones (excluding diaryl/α,β-unsaturated/α-hetero) is 1. The van der Waals surface area contributed by atoms with Crippen LogP contribution in [0.25, 0.3) is 0 Å². The second-order valence-electron chi connectivity index (χ2n) is 11.9. The molecule has 0 amide bonds. The van der Waals surface area contributed by atoms with E-state index in [4.69, 9.17) is 0 Å². The molecule has 164 valence electrons. The van der Waals surface area contributed by atoms with Gasteiger partial charge in [-0.2, -0.15) is 0 Å². The largest absolute Gasteiger partial charge is 0.390 e. The lowest BCUT2D eigenvalue weighted by molar-refractivity contribution is -0.144. The Balaban J connectivity index is 1.41. The molecule has 0 radical (unpaired) electrons. The van der Waals surface area contributed by atoms with Crippen molar-refractivity contribution in [2.24, 2.45) is 40.4 Å². The topological polar surface area (TPSA) is 37.3 Å². The number of hydrogen-bond donors (Lipinski definition) is 1. The zero-order valence-corrected chi connectivity index (χ0v) is 18.8. The van der Waals surface area contributed by atoms with Crippen LogP contribution in [-0.4, -0.2) is 16.5 Å². The first-order valence-electron chi connectivity index (χ1n) is 12.2. The third-order valence-corrected chi connectivity index (χ3v) is 10.4. The van der Waals surface area contributed by atoms with Gasteiger partial charge in [-0.15, -0.1) is 0 Å². The highest BCUT2D eigenvalue weighted by Gasteiger charge is 2.61. The first-order chi connectivity index (χ1) is 14.2. The van der Waals surface area contributed by atoms with Crippen LogP contribution < -0.4 is 0 Å². The van der Waals surface area contributed by atoms with Gasteiger partial charge in [0.1, 0.15) is 5.82 Å². The van der Waals surface area contributed by atoms with Crippen LogP contribution >= 0.6 is 0 Å². The smallest absolute Gasteiger partial charge is 0.169 e. The molecule has 0 unspecified atom stereocenters. The summed E-state index contributed by atoms with van der Waals surface area (Å²) in [5.74, 6) is 2.23. The van der Waals surface area contributed by atoms with Crippen molar-refractivity contribution >= 4 is 5.78 Å². The highest BCUT2D eigenvalue weighted by atomic mass is 19.1. The van der Waals surface area contributed by atoms with E-state index in [0.717, 1.165) is 38.5 Å². The van der Waals surface area contributed by atoms with Crippen LogP contribution in [0.15, 0.2) is 24.3 Å². The monoisotopic (exact) mass is 412 g/mol. The maximum atomic E-state index is 14.4. The summed E-state index contributed by atoms with van der Waals surface area (Å²) in [4.78, 5) is 13.4. The molecule has 0 bridgehead atoms. The average Bonchev–Trinajstić information content (AvgIpc) is 3.05. The van der Waals surface area contributed by atoms with Crippen molar-refractivity contribution in [3.63, 3.8) is 0 Å². The van der Waals surface area contributed by atoms with E-state index in [-0.39, 0.29) is 28.5 Å². The summed E-state index contributed by atoms with van der Waals surface area (Å²) in [6, 6.07) is 6.53. The van der Waals surface area contributed by atoms with Crippen molar-refractivity contribution in [2.75, 3.05) is 0 Å². The lowest BCUT2D eigenvalue weighted by atomic mass is 9.44. The number of fused-ring (bicyclic) bond motifs is 5. The number of hydrogen-bond acceptors (Lipinski definition) is 2. The predicted molar refractivity (Wildman–Crippen MR) is 117 cm³/mol. The molecule has 0 aromatic heterocycles. The van der Waals surface area contributed by atoms with Crippen LogP contribution in [0.1, 0.15) is 88.9 Å². The molecular formula is C27H37FO2. The highest BCUT2D eigenvalue weighted by molar-refractivity contribution is 5.98. The summed E-state index contributed by atoms with van der Waals surface area (Å²) < 4.78 is 14.4. The minimum Gasteiger partial charge on any atom is -0.390 e. The molecule has 0 aliphatic heterocycles. The fraction of sp³-hybridized carbons (Fsp3) is 0.741. The Kier molecular flexibility index (Phi) is 4.75. The number of carbonyl (C=O) groups is 1. The summed E-state index contributed by atoms with van der Waals surface area (Å²) in [6.07, 6.45) is 9.74. The molecule has 3 heteroatoms. The first-order valence-corrected chi connectivity index (χ1v) is 12.2. The number of rotatable bonds is 2. The molecule has 4 aliphatic carbocycles. The third kappa shape index (κ3) is 2.94. The Morgan fingerprint density at radius 2 is 1.67 bits per heavy atom. The fourth-order valence-corrected chi connectivity index (χ4v) is 8.71. The Morgan fingerprint density at radius 3 is 2.43 bits per heavy atom. The lowest BCUT2D eigenvalue weighted by Crippen LogP contribution is -2.55. The summed E-state index contributed by atoms with van der Waals surface area (Å²) in [5.41, 5.74) is 0.131. The van der Waals surface area contributed by atoms with Gasteiger partial charge in [-0.3, -0.25) is 4.79 Å². The van der Waals surface area contributed by atoms with Gasteiger partial charge in [-0.1, -0.05) is 26.0 Å². The SMILES string of the molecule is C[C@@]1(O)CC[C@@]2(C)[C@@H](CC[C@@H]3[C@@H]2CC[C@]2(C)[C@@H](C(=O)c4ccccc4F)CC[C@@H]32)C1. The van der Waals surface area contributed by atoms with E-state index in [1.54, 1.807) is 18.2 Å². The van der Waals surface area contributed by atoms with Gasteiger partial charge in [0, 0.05) is 5.92 Å². The highest BCUT2D eigenvalue weighted by Crippen LogP contribution is 2.68. The maximum Gasteiger partial charge on any atom is 0.169 e. The lowest BCUT2D eigenvalue weighted by Gasteiger charge is -2.61. The predicted octanol–water partition coefficient (Wildman–Crippen LogP) is 6.42. The van der Waals surface area contributed by atoms with Crippen molar-refractivity contribution < 1.29 is 14.3 Å². The molecule has 1 N–H and O–H groups in total. The maximum absolute atomic E-state index is 14.4. The molecule has 0 saturated heterocycles. The molecule has 2 nitrogen and oxygen atoms in total. The van der Waals surface area contributed by atoms with Gasteiger partial charge in [0.25, 0.3) is 0 Å². The standard InChI is InChI=1S/C27H37FO2/c1-25(30)14-15-26(2)17(16-25)8-9-18-20-10-11-22(27(20,3)13-12-21(18)26)24(29)19-6-4-5-7-23(19)28/h4-7,17-18,20-22,30H,8-16H2,1-3H3/t17-,18-,20-,21-,22+,25+,26-,27-/m0/s1. The Morgan fingerprint density at radius 1 is 0.933 bits per heavy atom. The number of aliphatic hydroxyl groups is 1. The Labute approximate surface area is 180 Å². The fourth-order valence-electron chi connectivity index (χ4n) is 8.71. The molecule has 4 saturated carbocycles. The molecule has 0 spiro atoms. The summed E-state index contributed by atoms with van der Waals surface area (Å²) in [5, 5.41) is 10.7. The van der Waals surface area contributed by atoms with Gasteiger partial charge in [-0.05, 0) is 111 Å². The first kappa shape index (κ1) is 20.7. The summed E-state index contributed by atoms with van der Waals surface area (Å²) in [7, 11) is 0. The van der Waals surface area contributed by atoms with Crippen molar-refractivity contribution in [1.29, 1.82) is 0 Å².